The molecular formula is C22H18N2O2S. The third-order valence-corrected chi connectivity index (χ3v) is 5.26. The van der Waals surface area contributed by atoms with Crippen LogP contribution in [-0.2, 0) is 6.54 Å². The van der Waals surface area contributed by atoms with Crippen LogP contribution in [0.15, 0.2) is 78.3 Å². The molecule has 4 nitrogen and oxygen atoms in total. The number of pyridine rings is 1. The fourth-order valence-corrected chi connectivity index (χ4v) is 3.72. The van der Waals surface area contributed by atoms with Crippen LogP contribution >= 0.6 is 11.3 Å². The molecule has 2 aromatic carbocycles. The van der Waals surface area contributed by atoms with E-state index in [1.165, 1.54) is 0 Å². The van der Waals surface area contributed by atoms with Crippen molar-refractivity contribution in [1.82, 2.24) is 4.98 Å². The van der Waals surface area contributed by atoms with Gasteiger partial charge in [0.05, 0.1) is 24.7 Å². The summed E-state index contributed by atoms with van der Waals surface area (Å²) in [6, 6.07) is 21.1. The molecule has 0 aliphatic rings. The van der Waals surface area contributed by atoms with E-state index in [4.69, 9.17) is 4.74 Å². The number of rotatable bonds is 5. The molecule has 0 spiro atoms. The predicted molar refractivity (Wildman–Crippen MR) is 110 cm³/mol. The molecule has 0 aliphatic heterocycles. The Bertz CT molecular complexity index is 1050. The molecule has 0 unspecified atom stereocenters. The lowest BCUT2D eigenvalue weighted by Gasteiger charge is -2.23. The highest BCUT2D eigenvalue weighted by Crippen LogP contribution is 2.26. The van der Waals surface area contributed by atoms with Crippen molar-refractivity contribution in [3.8, 4) is 5.75 Å². The van der Waals surface area contributed by atoms with Gasteiger partial charge in [-0.3, -0.25) is 9.78 Å². The number of anilines is 1. The van der Waals surface area contributed by atoms with E-state index in [9.17, 15) is 4.79 Å². The molecule has 0 bridgehead atoms. The van der Waals surface area contributed by atoms with Crippen LogP contribution in [0.1, 0.15) is 15.2 Å². The van der Waals surface area contributed by atoms with E-state index < -0.39 is 0 Å². The number of thiophene rings is 1. The van der Waals surface area contributed by atoms with Gasteiger partial charge in [0, 0.05) is 22.1 Å². The average molecular weight is 374 g/mol. The highest BCUT2D eigenvalue weighted by Gasteiger charge is 2.21. The lowest BCUT2D eigenvalue weighted by Crippen LogP contribution is -2.30. The van der Waals surface area contributed by atoms with Crippen LogP contribution < -0.4 is 9.64 Å². The first-order chi connectivity index (χ1) is 13.3. The number of fused-ring (bicyclic) bond motifs is 1. The first-order valence-electron chi connectivity index (χ1n) is 8.58. The van der Waals surface area contributed by atoms with Gasteiger partial charge in [-0.15, -0.1) is 11.3 Å². The van der Waals surface area contributed by atoms with E-state index in [0.29, 0.717) is 12.1 Å². The number of benzene rings is 2. The van der Waals surface area contributed by atoms with Crippen LogP contribution in [0, 0.1) is 0 Å². The highest BCUT2D eigenvalue weighted by atomic mass is 32.1. The van der Waals surface area contributed by atoms with Gasteiger partial charge in [-0.05, 0) is 47.8 Å². The smallest absolute Gasteiger partial charge is 0.259 e. The Morgan fingerprint density at radius 1 is 1.04 bits per heavy atom. The lowest BCUT2D eigenvalue weighted by molar-refractivity contribution is 0.0987. The number of carbonyl (C=O) groups excluding carboxylic acids is 1. The van der Waals surface area contributed by atoms with Gasteiger partial charge < -0.3 is 9.64 Å². The van der Waals surface area contributed by atoms with Crippen molar-refractivity contribution in [3.05, 3.63) is 88.7 Å². The summed E-state index contributed by atoms with van der Waals surface area (Å²) in [4.78, 5) is 20.8. The molecule has 134 valence electrons. The molecule has 1 amide bonds. The van der Waals surface area contributed by atoms with Crippen LogP contribution in [0.4, 0.5) is 5.69 Å². The number of ether oxygens (including phenoxy) is 1. The zero-order chi connectivity index (χ0) is 18.6. The van der Waals surface area contributed by atoms with Gasteiger partial charge in [-0.2, -0.15) is 0 Å². The third kappa shape index (κ3) is 3.55. The van der Waals surface area contributed by atoms with Crippen molar-refractivity contribution in [2.75, 3.05) is 12.0 Å². The first-order valence-corrected chi connectivity index (χ1v) is 9.46. The Labute approximate surface area is 161 Å². The monoisotopic (exact) mass is 374 g/mol. The van der Waals surface area contributed by atoms with Crippen molar-refractivity contribution in [3.63, 3.8) is 0 Å². The summed E-state index contributed by atoms with van der Waals surface area (Å²) in [5, 5.41) is 2.88. The van der Waals surface area contributed by atoms with E-state index >= 15 is 0 Å². The van der Waals surface area contributed by atoms with E-state index in [2.05, 4.69) is 4.98 Å². The van der Waals surface area contributed by atoms with Crippen molar-refractivity contribution in [2.45, 2.75) is 6.54 Å². The van der Waals surface area contributed by atoms with Gasteiger partial charge in [0.15, 0.2) is 0 Å². The molecular weight excluding hydrogens is 356 g/mol. The molecule has 0 radical (unpaired) electrons. The van der Waals surface area contributed by atoms with Gasteiger partial charge in [0.25, 0.3) is 5.91 Å². The summed E-state index contributed by atoms with van der Waals surface area (Å²) in [7, 11) is 1.63. The molecule has 0 fully saturated rings. The molecule has 27 heavy (non-hydrogen) atoms. The van der Waals surface area contributed by atoms with Crippen LogP contribution in [-0.4, -0.2) is 18.0 Å². The minimum absolute atomic E-state index is 0.0489. The molecule has 4 rings (SSSR count). The number of hydrogen-bond donors (Lipinski definition) is 0. The summed E-state index contributed by atoms with van der Waals surface area (Å²) < 4.78 is 5.25. The summed E-state index contributed by atoms with van der Waals surface area (Å²) in [5.74, 6) is 0.712. The van der Waals surface area contributed by atoms with Crippen molar-refractivity contribution >= 4 is 33.8 Å². The number of carbonyl (C=O) groups is 1. The fraction of sp³-hybridized carbons (Fsp3) is 0.0909. The number of nitrogens with zero attached hydrogens (tertiary/aromatic N) is 2. The first kappa shape index (κ1) is 17.2. The molecule has 2 heterocycles. The minimum atomic E-state index is -0.0489. The normalized spacial score (nSPS) is 10.7. The van der Waals surface area contributed by atoms with E-state index in [-0.39, 0.29) is 5.91 Å². The Hall–Kier alpha value is -3.18. The maximum absolute atomic E-state index is 13.5. The van der Waals surface area contributed by atoms with Crippen LogP contribution in [0.2, 0.25) is 0 Å². The topological polar surface area (TPSA) is 42.4 Å². The predicted octanol–water partition coefficient (Wildman–Crippen LogP) is 5.15. The summed E-state index contributed by atoms with van der Waals surface area (Å²) in [6.07, 6.45) is 1.69. The summed E-state index contributed by atoms with van der Waals surface area (Å²) >= 11 is 1.64. The fourth-order valence-electron chi connectivity index (χ4n) is 3.03. The summed E-state index contributed by atoms with van der Waals surface area (Å²) in [5.41, 5.74) is 2.29. The minimum Gasteiger partial charge on any atom is -0.497 e. The maximum atomic E-state index is 13.5. The second-order valence-corrected chi connectivity index (χ2v) is 7.08. The molecule has 0 saturated heterocycles. The number of methoxy groups -OCH3 is 1. The molecule has 0 atom stereocenters. The van der Waals surface area contributed by atoms with Gasteiger partial charge in [-0.1, -0.05) is 24.3 Å². The van der Waals surface area contributed by atoms with Gasteiger partial charge in [0.2, 0.25) is 0 Å². The zero-order valence-corrected chi connectivity index (χ0v) is 15.6. The second-order valence-electron chi connectivity index (χ2n) is 6.04. The molecule has 0 saturated carbocycles. The van der Waals surface area contributed by atoms with Crippen LogP contribution in [0.5, 0.6) is 5.75 Å². The van der Waals surface area contributed by atoms with Crippen molar-refractivity contribution < 1.29 is 9.53 Å². The Morgan fingerprint density at radius 2 is 1.85 bits per heavy atom. The van der Waals surface area contributed by atoms with Crippen molar-refractivity contribution in [2.24, 2.45) is 0 Å². The number of aromatic nitrogens is 1. The molecule has 0 N–H and O–H groups in total. The number of para-hydroxylation sites is 1. The molecule has 5 heteroatoms. The van der Waals surface area contributed by atoms with Gasteiger partial charge >= 0.3 is 0 Å². The number of amides is 1. The second kappa shape index (κ2) is 7.60. The van der Waals surface area contributed by atoms with Crippen molar-refractivity contribution in [1.29, 1.82) is 0 Å². The largest absolute Gasteiger partial charge is 0.497 e. The van der Waals surface area contributed by atoms with E-state index in [1.54, 1.807) is 35.6 Å². The quantitative estimate of drug-likeness (QED) is 0.485. The molecule has 0 aliphatic carbocycles. The Kier molecular flexibility index (Phi) is 4.85. The standard InChI is InChI=1S/C22H18N2O2S/c1-26-17-10-8-16(9-11-17)24(15-18-5-4-14-27-18)22(25)20-12-13-23-21-7-3-2-6-19(20)21/h2-14H,15H2,1H3. The molecule has 4 aromatic rings. The van der Waals surface area contributed by atoms with Gasteiger partial charge in [-0.25, -0.2) is 0 Å². The number of hydrogen-bond acceptors (Lipinski definition) is 4. The lowest BCUT2D eigenvalue weighted by atomic mass is 10.1. The molecule has 2 aromatic heterocycles. The van der Waals surface area contributed by atoms with E-state index in [1.807, 2.05) is 66.0 Å². The highest BCUT2D eigenvalue weighted by molar-refractivity contribution is 7.09. The van der Waals surface area contributed by atoms with Crippen LogP contribution in [0.25, 0.3) is 10.9 Å². The third-order valence-electron chi connectivity index (χ3n) is 4.40. The van der Waals surface area contributed by atoms with Gasteiger partial charge in [0.1, 0.15) is 5.75 Å². The Balaban J connectivity index is 1.77. The van der Waals surface area contributed by atoms with E-state index in [0.717, 1.165) is 27.2 Å². The summed E-state index contributed by atoms with van der Waals surface area (Å²) in [6.45, 7) is 0.513. The average Bonchev–Trinajstić information content (AvgIpc) is 3.24. The zero-order valence-electron chi connectivity index (χ0n) is 14.8. The maximum Gasteiger partial charge on any atom is 0.259 e. The SMILES string of the molecule is COc1ccc(N(Cc2cccs2)C(=O)c2ccnc3ccccc23)cc1. The Morgan fingerprint density at radius 3 is 2.59 bits per heavy atom. The van der Waals surface area contributed by atoms with Crippen LogP contribution in [0.3, 0.4) is 0 Å².